The first-order valence-corrected chi connectivity index (χ1v) is 8.29. The summed E-state index contributed by atoms with van der Waals surface area (Å²) in [7, 11) is -2.12. The van der Waals surface area contributed by atoms with Crippen molar-refractivity contribution in [1.82, 2.24) is 5.01 Å². The van der Waals surface area contributed by atoms with Gasteiger partial charge in [0.1, 0.15) is 4.90 Å². The third-order valence-electron chi connectivity index (χ3n) is 3.40. The van der Waals surface area contributed by atoms with Crippen molar-refractivity contribution >= 4 is 27.8 Å². The molecule has 1 aliphatic rings. The van der Waals surface area contributed by atoms with Gasteiger partial charge in [0.2, 0.25) is 0 Å². The minimum Gasteiger partial charge on any atom is -0.258 e. The SMILES string of the molecule is CN(N=Cc1ccc([N+](=O)[O-])cc1)C1=NS(=O)(=O)c2ccccc21. The van der Waals surface area contributed by atoms with E-state index in [1.54, 1.807) is 37.4 Å². The molecule has 2 aromatic carbocycles. The lowest BCUT2D eigenvalue weighted by Gasteiger charge is -2.12. The van der Waals surface area contributed by atoms with Gasteiger partial charge in [-0.05, 0) is 29.8 Å². The Morgan fingerprint density at radius 1 is 1.17 bits per heavy atom. The first kappa shape index (κ1) is 15.8. The van der Waals surface area contributed by atoms with E-state index in [9.17, 15) is 18.5 Å². The van der Waals surface area contributed by atoms with Crippen LogP contribution in [0.4, 0.5) is 5.69 Å². The van der Waals surface area contributed by atoms with Crippen LogP contribution in [0.15, 0.2) is 62.9 Å². The van der Waals surface area contributed by atoms with Gasteiger partial charge in [-0.3, -0.25) is 10.1 Å². The molecule has 0 N–H and O–H groups in total. The summed E-state index contributed by atoms with van der Waals surface area (Å²) in [5.74, 6) is 0.226. The second kappa shape index (κ2) is 5.85. The summed E-state index contributed by atoms with van der Waals surface area (Å²) in [5.41, 5.74) is 1.11. The number of rotatable bonds is 3. The first-order chi connectivity index (χ1) is 11.4. The molecule has 1 heterocycles. The van der Waals surface area contributed by atoms with E-state index in [4.69, 9.17) is 0 Å². The van der Waals surface area contributed by atoms with E-state index in [2.05, 4.69) is 9.50 Å². The summed E-state index contributed by atoms with van der Waals surface area (Å²) < 4.78 is 27.8. The third-order valence-corrected chi connectivity index (χ3v) is 4.73. The standard InChI is InChI=1S/C15H12N4O4S/c1-18(16-10-11-6-8-12(9-7-11)19(20)21)15-13-4-2-3-5-14(13)24(22,23)17-15/h2-10H,1H3. The molecule has 8 nitrogen and oxygen atoms in total. The molecule has 0 bridgehead atoms. The Morgan fingerprint density at radius 3 is 2.50 bits per heavy atom. The van der Waals surface area contributed by atoms with Crippen LogP contribution < -0.4 is 0 Å². The largest absolute Gasteiger partial charge is 0.285 e. The Kier molecular flexibility index (Phi) is 3.86. The highest BCUT2D eigenvalue weighted by Crippen LogP contribution is 2.26. The molecule has 2 aromatic rings. The van der Waals surface area contributed by atoms with Gasteiger partial charge < -0.3 is 0 Å². The molecule has 0 aromatic heterocycles. The van der Waals surface area contributed by atoms with E-state index in [0.717, 1.165) is 0 Å². The average Bonchev–Trinajstić information content (AvgIpc) is 2.85. The van der Waals surface area contributed by atoms with E-state index in [1.807, 2.05) is 0 Å². The van der Waals surface area contributed by atoms with Gasteiger partial charge in [0, 0.05) is 24.7 Å². The van der Waals surface area contributed by atoms with Crippen molar-refractivity contribution in [3.8, 4) is 0 Å². The number of hydrogen-bond acceptors (Lipinski definition) is 6. The van der Waals surface area contributed by atoms with Gasteiger partial charge in [0.05, 0.1) is 11.1 Å². The van der Waals surface area contributed by atoms with Crippen molar-refractivity contribution in [2.24, 2.45) is 9.50 Å². The van der Waals surface area contributed by atoms with E-state index >= 15 is 0 Å². The zero-order chi connectivity index (χ0) is 17.3. The average molecular weight is 344 g/mol. The lowest BCUT2D eigenvalue weighted by molar-refractivity contribution is -0.384. The summed E-state index contributed by atoms with van der Waals surface area (Å²) in [6.45, 7) is 0. The van der Waals surface area contributed by atoms with E-state index in [-0.39, 0.29) is 16.4 Å². The lowest BCUT2D eigenvalue weighted by atomic mass is 10.2. The number of hydrogen-bond donors (Lipinski definition) is 0. The molecule has 122 valence electrons. The molecule has 0 fully saturated rings. The first-order valence-electron chi connectivity index (χ1n) is 6.85. The molecule has 0 radical (unpaired) electrons. The quantitative estimate of drug-likeness (QED) is 0.481. The van der Waals surface area contributed by atoms with Crippen LogP contribution in [0.25, 0.3) is 0 Å². The van der Waals surface area contributed by atoms with E-state index in [1.165, 1.54) is 29.4 Å². The Bertz CT molecular complexity index is 965. The Hall–Kier alpha value is -3.07. The predicted molar refractivity (Wildman–Crippen MR) is 88.6 cm³/mol. The van der Waals surface area contributed by atoms with Gasteiger partial charge in [-0.2, -0.15) is 13.5 Å². The monoisotopic (exact) mass is 344 g/mol. The van der Waals surface area contributed by atoms with Crippen molar-refractivity contribution in [3.63, 3.8) is 0 Å². The molecule has 0 unspecified atom stereocenters. The fourth-order valence-electron chi connectivity index (χ4n) is 2.21. The highest BCUT2D eigenvalue weighted by atomic mass is 32.2. The molecule has 0 aliphatic carbocycles. The van der Waals surface area contributed by atoms with Crippen LogP contribution in [0, 0.1) is 10.1 Å². The van der Waals surface area contributed by atoms with Crippen LogP contribution in [0.3, 0.4) is 0 Å². The highest BCUT2D eigenvalue weighted by molar-refractivity contribution is 7.90. The number of benzene rings is 2. The maximum atomic E-state index is 12.0. The fraction of sp³-hybridized carbons (Fsp3) is 0.0667. The topological polar surface area (TPSA) is 105 Å². The Balaban J connectivity index is 1.85. The molecule has 0 spiro atoms. The summed E-state index contributed by atoms with van der Waals surface area (Å²) in [5, 5.41) is 16.1. The van der Waals surface area contributed by atoms with Crippen LogP contribution in [0.2, 0.25) is 0 Å². The number of fused-ring (bicyclic) bond motifs is 1. The maximum Gasteiger partial charge on any atom is 0.285 e. The third kappa shape index (κ3) is 2.88. The maximum absolute atomic E-state index is 12.0. The van der Waals surface area contributed by atoms with Crippen LogP contribution in [-0.4, -0.2) is 37.4 Å². The summed E-state index contributed by atoms with van der Waals surface area (Å²) in [6.07, 6.45) is 1.47. The van der Waals surface area contributed by atoms with E-state index < -0.39 is 14.9 Å². The van der Waals surface area contributed by atoms with Crippen molar-refractivity contribution in [1.29, 1.82) is 0 Å². The molecular weight excluding hydrogens is 332 g/mol. The van der Waals surface area contributed by atoms with Gasteiger partial charge >= 0.3 is 0 Å². The van der Waals surface area contributed by atoms with Gasteiger partial charge in [-0.25, -0.2) is 5.01 Å². The molecule has 0 saturated carbocycles. The van der Waals surface area contributed by atoms with Gasteiger partial charge in [-0.1, -0.05) is 12.1 Å². The second-order valence-electron chi connectivity index (χ2n) is 5.00. The highest BCUT2D eigenvalue weighted by Gasteiger charge is 2.30. The molecule has 24 heavy (non-hydrogen) atoms. The zero-order valence-corrected chi connectivity index (χ0v) is 13.3. The van der Waals surface area contributed by atoms with Crippen LogP contribution in [0.5, 0.6) is 0 Å². The van der Waals surface area contributed by atoms with Crippen molar-refractivity contribution in [2.45, 2.75) is 4.90 Å². The number of amidine groups is 1. The number of nitro benzene ring substituents is 1. The van der Waals surface area contributed by atoms with Crippen molar-refractivity contribution in [3.05, 3.63) is 69.8 Å². The Labute approximate surface area is 138 Å². The lowest BCUT2D eigenvalue weighted by Crippen LogP contribution is -2.21. The van der Waals surface area contributed by atoms with Gasteiger partial charge in [0.25, 0.3) is 15.7 Å². The molecule has 0 atom stereocenters. The van der Waals surface area contributed by atoms with Crippen molar-refractivity contribution in [2.75, 3.05) is 7.05 Å². The van der Waals surface area contributed by atoms with Crippen LogP contribution >= 0.6 is 0 Å². The normalized spacial score (nSPS) is 15.1. The second-order valence-corrected chi connectivity index (χ2v) is 6.58. The van der Waals surface area contributed by atoms with Crippen LogP contribution in [0.1, 0.15) is 11.1 Å². The van der Waals surface area contributed by atoms with Crippen LogP contribution in [-0.2, 0) is 10.0 Å². The number of nitrogens with zero attached hydrogens (tertiary/aromatic N) is 4. The summed E-state index contributed by atoms with van der Waals surface area (Å²) in [6, 6.07) is 12.4. The molecule has 9 heteroatoms. The smallest absolute Gasteiger partial charge is 0.258 e. The van der Waals surface area contributed by atoms with Gasteiger partial charge in [0.15, 0.2) is 5.84 Å². The number of hydrazone groups is 1. The molecule has 3 rings (SSSR count). The molecular formula is C15H12N4O4S. The number of sulfonamides is 1. The van der Waals surface area contributed by atoms with Crippen molar-refractivity contribution < 1.29 is 13.3 Å². The zero-order valence-electron chi connectivity index (χ0n) is 12.5. The predicted octanol–water partition coefficient (Wildman–Crippen LogP) is 2.01. The minimum atomic E-state index is -3.70. The summed E-state index contributed by atoms with van der Waals surface area (Å²) >= 11 is 0. The number of nitro groups is 1. The fourth-order valence-corrected chi connectivity index (χ4v) is 3.44. The Morgan fingerprint density at radius 2 is 1.83 bits per heavy atom. The molecule has 0 amide bonds. The number of non-ortho nitro benzene ring substituents is 1. The van der Waals surface area contributed by atoms with Gasteiger partial charge in [-0.15, -0.1) is 4.40 Å². The molecule has 0 saturated heterocycles. The summed E-state index contributed by atoms with van der Waals surface area (Å²) in [4.78, 5) is 10.3. The minimum absolute atomic E-state index is 0.0132. The van der Waals surface area contributed by atoms with E-state index in [0.29, 0.717) is 11.1 Å². The molecule has 1 aliphatic heterocycles.